The lowest BCUT2D eigenvalue weighted by Crippen LogP contribution is -2.47. The molecule has 1 unspecified atom stereocenters. The molecule has 0 aliphatic heterocycles. The first-order valence-electron chi connectivity index (χ1n) is 9.39. The topological polar surface area (TPSA) is 99.9 Å². The minimum atomic E-state index is -1.09. The average Bonchev–Trinajstić information content (AvgIpc) is 2.98. The van der Waals surface area contributed by atoms with Crippen molar-refractivity contribution in [3.63, 3.8) is 0 Å². The molecule has 0 saturated carbocycles. The van der Waals surface area contributed by atoms with Crippen LogP contribution in [0.4, 0.5) is 0 Å². The molecule has 7 nitrogen and oxygen atoms in total. The normalized spacial score (nSPS) is 12.2. The van der Waals surface area contributed by atoms with E-state index < -0.39 is 12.0 Å². The highest BCUT2D eigenvalue weighted by Gasteiger charge is 2.26. The molecular weight excluding hydrogens is 360 g/mol. The summed E-state index contributed by atoms with van der Waals surface area (Å²) in [5.74, 6) is -1.31. The number of carbonyl (C=O) groups is 3. The van der Waals surface area contributed by atoms with E-state index in [1.807, 2.05) is 19.1 Å². The van der Waals surface area contributed by atoms with Gasteiger partial charge < -0.3 is 19.7 Å². The molecule has 0 aliphatic carbocycles. The maximum atomic E-state index is 12.9. The van der Waals surface area contributed by atoms with Gasteiger partial charge in [0.15, 0.2) is 0 Å². The third-order valence-corrected chi connectivity index (χ3v) is 4.88. The molecule has 7 heteroatoms. The maximum absolute atomic E-state index is 12.9. The predicted molar refractivity (Wildman–Crippen MR) is 106 cm³/mol. The van der Waals surface area contributed by atoms with Crippen LogP contribution in [-0.2, 0) is 20.8 Å². The zero-order chi connectivity index (χ0) is 21.0. The van der Waals surface area contributed by atoms with Gasteiger partial charge in [0.05, 0.1) is 12.7 Å². The molecule has 1 aromatic carbocycles. The highest BCUT2D eigenvalue weighted by molar-refractivity contribution is 5.90. The molecule has 1 atom stereocenters. The lowest BCUT2D eigenvalue weighted by Gasteiger charge is -2.26. The second kappa shape index (κ2) is 8.91. The molecule has 2 N–H and O–H groups in total. The summed E-state index contributed by atoms with van der Waals surface area (Å²) in [7, 11) is 0. The fraction of sp³-hybridized carbons (Fsp3) is 0.476. The minimum absolute atomic E-state index is 0.0330. The lowest BCUT2D eigenvalue weighted by atomic mass is 9.95. The van der Waals surface area contributed by atoms with Crippen LogP contribution in [0.25, 0.3) is 11.0 Å². The number of fused-ring (bicyclic) bond motifs is 1. The Balaban J connectivity index is 2.27. The van der Waals surface area contributed by atoms with E-state index in [1.54, 1.807) is 6.26 Å². The number of furan rings is 1. The van der Waals surface area contributed by atoms with Crippen LogP contribution in [0.5, 0.6) is 0 Å². The Kier molecular flexibility index (Phi) is 6.83. The SMILES string of the molecule is CC(=O)NCCN(C(=O)Cc1coc2cc(C)c(C(C)C)cc12)C(C)C(=O)O. The van der Waals surface area contributed by atoms with Crippen LogP contribution in [0.15, 0.2) is 22.8 Å². The van der Waals surface area contributed by atoms with Gasteiger partial charge in [0, 0.05) is 31.0 Å². The molecule has 2 rings (SSSR count). The van der Waals surface area contributed by atoms with Crippen LogP contribution in [0, 0.1) is 6.92 Å². The summed E-state index contributed by atoms with van der Waals surface area (Å²) >= 11 is 0. The molecule has 152 valence electrons. The monoisotopic (exact) mass is 388 g/mol. The Morgan fingerprint density at radius 1 is 1.21 bits per heavy atom. The van der Waals surface area contributed by atoms with Gasteiger partial charge in [0.1, 0.15) is 11.6 Å². The largest absolute Gasteiger partial charge is 0.480 e. The first-order valence-corrected chi connectivity index (χ1v) is 9.39. The van der Waals surface area contributed by atoms with Crippen molar-refractivity contribution >= 4 is 28.8 Å². The van der Waals surface area contributed by atoms with Crippen LogP contribution in [0.3, 0.4) is 0 Å². The molecule has 1 heterocycles. The summed E-state index contributed by atoms with van der Waals surface area (Å²) in [5.41, 5.74) is 3.75. The van der Waals surface area contributed by atoms with Crippen LogP contribution in [0.2, 0.25) is 0 Å². The molecule has 0 aliphatic rings. The van der Waals surface area contributed by atoms with Crippen LogP contribution in [0.1, 0.15) is 50.3 Å². The number of hydrogen-bond acceptors (Lipinski definition) is 4. The van der Waals surface area contributed by atoms with E-state index in [0.29, 0.717) is 11.5 Å². The third-order valence-electron chi connectivity index (χ3n) is 4.88. The van der Waals surface area contributed by atoms with Crippen LogP contribution >= 0.6 is 0 Å². The number of hydrogen-bond donors (Lipinski definition) is 2. The van der Waals surface area contributed by atoms with Gasteiger partial charge >= 0.3 is 5.97 Å². The Morgan fingerprint density at radius 3 is 2.46 bits per heavy atom. The molecule has 0 saturated heterocycles. The second-order valence-electron chi connectivity index (χ2n) is 7.38. The molecule has 0 radical (unpaired) electrons. The highest BCUT2D eigenvalue weighted by Crippen LogP contribution is 2.29. The van der Waals surface area contributed by atoms with E-state index in [0.717, 1.165) is 16.5 Å². The van der Waals surface area contributed by atoms with Crippen molar-refractivity contribution in [2.75, 3.05) is 13.1 Å². The van der Waals surface area contributed by atoms with Crippen molar-refractivity contribution in [1.29, 1.82) is 0 Å². The fourth-order valence-corrected chi connectivity index (χ4v) is 3.29. The molecule has 1 aromatic heterocycles. The molecule has 0 bridgehead atoms. The number of aryl methyl sites for hydroxylation is 1. The number of carboxylic acids is 1. The van der Waals surface area contributed by atoms with E-state index in [-0.39, 0.29) is 31.3 Å². The minimum Gasteiger partial charge on any atom is -0.480 e. The number of nitrogens with zero attached hydrogens (tertiary/aromatic N) is 1. The standard InChI is InChI=1S/C21H28N2O5/c1-12(2)17-10-18-16(11-28-19(18)8-13(17)3)9-20(25)23(14(4)21(26)27)7-6-22-15(5)24/h8,10-12,14H,6-7,9H2,1-5H3,(H,22,24)(H,26,27). The smallest absolute Gasteiger partial charge is 0.326 e. The first-order chi connectivity index (χ1) is 13.1. The third kappa shape index (κ3) is 4.91. The first kappa shape index (κ1) is 21.5. The summed E-state index contributed by atoms with van der Waals surface area (Å²) in [6.45, 7) is 9.40. The number of carboxylic acid groups (broad SMARTS) is 1. The maximum Gasteiger partial charge on any atom is 0.326 e. The van der Waals surface area contributed by atoms with Crippen molar-refractivity contribution < 1.29 is 23.9 Å². The summed E-state index contributed by atoms with van der Waals surface area (Å²) in [5, 5.41) is 12.8. The van der Waals surface area contributed by atoms with E-state index >= 15 is 0 Å². The molecule has 0 spiro atoms. The van der Waals surface area contributed by atoms with Gasteiger partial charge in [-0.3, -0.25) is 9.59 Å². The summed E-state index contributed by atoms with van der Waals surface area (Å²) in [4.78, 5) is 36.6. The zero-order valence-electron chi connectivity index (χ0n) is 17.0. The number of benzene rings is 1. The Bertz CT molecular complexity index is 884. The number of rotatable bonds is 8. The van der Waals surface area contributed by atoms with Crippen molar-refractivity contribution in [3.05, 3.63) is 35.1 Å². The molecular formula is C21H28N2O5. The number of carbonyl (C=O) groups excluding carboxylic acids is 2. The van der Waals surface area contributed by atoms with Crippen molar-refractivity contribution in [1.82, 2.24) is 10.2 Å². The van der Waals surface area contributed by atoms with Gasteiger partial charge in [-0.05, 0) is 43.0 Å². The Morgan fingerprint density at radius 2 is 1.89 bits per heavy atom. The molecule has 2 amide bonds. The summed E-state index contributed by atoms with van der Waals surface area (Å²) < 4.78 is 5.62. The fourth-order valence-electron chi connectivity index (χ4n) is 3.29. The van der Waals surface area contributed by atoms with Gasteiger partial charge in [-0.25, -0.2) is 4.79 Å². The summed E-state index contributed by atoms with van der Waals surface area (Å²) in [6.07, 6.45) is 1.59. The Hall–Kier alpha value is -2.83. The van der Waals surface area contributed by atoms with Gasteiger partial charge in [0.2, 0.25) is 11.8 Å². The van der Waals surface area contributed by atoms with E-state index in [9.17, 15) is 19.5 Å². The van der Waals surface area contributed by atoms with Gasteiger partial charge in [0.25, 0.3) is 0 Å². The quantitative estimate of drug-likeness (QED) is 0.724. The van der Waals surface area contributed by atoms with E-state index in [2.05, 4.69) is 19.2 Å². The highest BCUT2D eigenvalue weighted by atomic mass is 16.4. The molecule has 2 aromatic rings. The van der Waals surface area contributed by atoms with Crippen LogP contribution < -0.4 is 5.32 Å². The lowest BCUT2D eigenvalue weighted by molar-refractivity contribution is -0.149. The van der Waals surface area contributed by atoms with E-state index in [4.69, 9.17) is 4.42 Å². The predicted octanol–water partition coefficient (Wildman–Crippen LogP) is 2.84. The zero-order valence-corrected chi connectivity index (χ0v) is 17.0. The Labute approximate surface area is 164 Å². The summed E-state index contributed by atoms with van der Waals surface area (Å²) in [6, 6.07) is 3.02. The van der Waals surface area contributed by atoms with E-state index in [1.165, 1.54) is 24.3 Å². The number of amides is 2. The van der Waals surface area contributed by atoms with Gasteiger partial charge in [-0.15, -0.1) is 0 Å². The van der Waals surface area contributed by atoms with Crippen LogP contribution in [-0.4, -0.2) is 46.9 Å². The average molecular weight is 388 g/mol. The molecule has 28 heavy (non-hydrogen) atoms. The van der Waals surface area contributed by atoms with Gasteiger partial charge in [-0.1, -0.05) is 13.8 Å². The van der Waals surface area contributed by atoms with Crippen molar-refractivity contribution in [2.45, 2.75) is 53.0 Å². The van der Waals surface area contributed by atoms with Crippen molar-refractivity contribution in [3.8, 4) is 0 Å². The van der Waals surface area contributed by atoms with Gasteiger partial charge in [-0.2, -0.15) is 0 Å². The second-order valence-corrected chi connectivity index (χ2v) is 7.38. The number of nitrogens with one attached hydrogen (secondary N) is 1. The molecule has 0 fully saturated rings. The number of aliphatic carboxylic acids is 1. The van der Waals surface area contributed by atoms with Crippen molar-refractivity contribution in [2.24, 2.45) is 0 Å².